The Balaban J connectivity index is 1.98. The van der Waals surface area contributed by atoms with Gasteiger partial charge in [0, 0.05) is 17.7 Å². The molecule has 1 heterocycles. The first-order valence-electron chi connectivity index (χ1n) is 9.16. The second-order valence-electron chi connectivity index (χ2n) is 6.78. The topological polar surface area (TPSA) is 88.9 Å². The average molecular weight is 459 g/mol. The number of halogens is 5. The van der Waals surface area contributed by atoms with Gasteiger partial charge in [-0.2, -0.15) is 0 Å². The Morgan fingerprint density at radius 2 is 1.55 bits per heavy atom. The highest BCUT2D eigenvalue weighted by Crippen LogP contribution is 2.29. The van der Waals surface area contributed by atoms with Crippen molar-refractivity contribution in [2.24, 2.45) is 0 Å². The van der Waals surface area contributed by atoms with Gasteiger partial charge in [-0.05, 0) is 18.2 Å². The fourth-order valence-electron chi connectivity index (χ4n) is 3.13. The molecule has 0 fully saturated rings. The summed E-state index contributed by atoms with van der Waals surface area (Å²) in [5, 5.41) is 11.1. The van der Waals surface area contributed by atoms with Gasteiger partial charge in [-0.15, -0.1) is 0 Å². The molecule has 0 bridgehead atoms. The summed E-state index contributed by atoms with van der Waals surface area (Å²) < 4.78 is 69.5. The quantitative estimate of drug-likeness (QED) is 0.0802. The predicted molar refractivity (Wildman–Crippen MR) is 108 cm³/mol. The van der Waals surface area contributed by atoms with Crippen LogP contribution in [-0.4, -0.2) is 20.7 Å². The van der Waals surface area contributed by atoms with Gasteiger partial charge in [0.1, 0.15) is 5.82 Å². The third-order valence-corrected chi connectivity index (χ3v) is 4.74. The zero-order chi connectivity index (χ0) is 23.9. The van der Waals surface area contributed by atoms with E-state index in [9.17, 15) is 36.9 Å². The molecule has 0 radical (unpaired) electrons. The van der Waals surface area contributed by atoms with Gasteiger partial charge in [0.2, 0.25) is 5.82 Å². The van der Waals surface area contributed by atoms with E-state index < -0.39 is 56.6 Å². The predicted octanol–water partition coefficient (Wildman–Crippen LogP) is 5.59. The number of carbonyl (C=O) groups is 1. The summed E-state index contributed by atoms with van der Waals surface area (Å²) in [6, 6.07) is 10.8. The Bertz CT molecular complexity index is 1420. The van der Waals surface area contributed by atoms with Crippen LogP contribution in [0.15, 0.2) is 48.5 Å². The molecule has 0 saturated heterocycles. The van der Waals surface area contributed by atoms with Crippen LogP contribution in [0.1, 0.15) is 21.7 Å². The van der Waals surface area contributed by atoms with Crippen molar-refractivity contribution in [1.82, 2.24) is 9.97 Å². The number of ketones is 1. The van der Waals surface area contributed by atoms with Gasteiger partial charge in [0.05, 0.1) is 27.1 Å². The summed E-state index contributed by atoms with van der Waals surface area (Å²) in [6.45, 7) is 0. The highest BCUT2D eigenvalue weighted by Gasteiger charge is 2.27. The summed E-state index contributed by atoms with van der Waals surface area (Å²) in [5.41, 5.74) is -1.87. The van der Waals surface area contributed by atoms with E-state index in [1.54, 1.807) is 24.3 Å². The number of H-pyrrole nitrogens is 1. The number of imidazole rings is 1. The molecule has 0 amide bonds. The van der Waals surface area contributed by atoms with Crippen molar-refractivity contribution in [3.63, 3.8) is 0 Å². The standard InChI is InChI=1S/C22H10F5N3O3/c23-16-12(17(24)19(26)20(27)18(16)25)9-13(22-28-14-6-1-2-7-15(14)29-22)21(31)10-4-3-5-11(8-10)30(32)33/h1-9H,(H,28,29)/b13-9-. The van der Waals surface area contributed by atoms with Crippen LogP contribution in [0.4, 0.5) is 27.6 Å². The van der Waals surface area contributed by atoms with Crippen molar-refractivity contribution in [2.45, 2.75) is 0 Å². The van der Waals surface area contributed by atoms with Gasteiger partial charge in [0.25, 0.3) is 5.69 Å². The molecule has 0 aliphatic heterocycles. The number of non-ortho nitro benzene ring substituents is 1. The number of fused-ring (bicyclic) bond motifs is 1. The molecule has 0 unspecified atom stereocenters. The molecule has 0 saturated carbocycles. The smallest absolute Gasteiger partial charge is 0.270 e. The zero-order valence-corrected chi connectivity index (χ0v) is 16.2. The second-order valence-corrected chi connectivity index (χ2v) is 6.78. The number of nitrogens with one attached hydrogen (secondary N) is 1. The van der Waals surface area contributed by atoms with Crippen LogP contribution in [0, 0.1) is 39.2 Å². The van der Waals surface area contributed by atoms with E-state index in [0.29, 0.717) is 17.1 Å². The Kier molecular flexibility index (Phi) is 5.46. The van der Waals surface area contributed by atoms with E-state index in [0.717, 1.165) is 12.1 Å². The van der Waals surface area contributed by atoms with Gasteiger partial charge in [-0.1, -0.05) is 24.3 Å². The molecule has 11 heteroatoms. The number of nitro groups is 1. The fraction of sp³-hybridized carbons (Fsp3) is 0. The van der Waals surface area contributed by atoms with Gasteiger partial charge in [0.15, 0.2) is 29.1 Å². The minimum Gasteiger partial charge on any atom is -0.338 e. The van der Waals surface area contributed by atoms with Crippen molar-refractivity contribution < 1.29 is 31.7 Å². The molecule has 0 aliphatic carbocycles. The molecule has 1 N–H and O–H groups in total. The number of nitrogens with zero attached hydrogens (tertiary/aromatic N) is 2. The molecule has 166 valence electrons. The van der Waals surface area contributed by atoms with E-state index in [1.807, 2.05) is 0 Å². The van der Waals surface area contributed by atoms with Crippen molar-refractivity contribution in [1.29, 1.82) is 0 Å². The molecule has 4 aromatic rings. The lowest BCUT2D eigenvalue weighted by molar-refractivity contribution is -0.384. The Morgan fingerprint density at radius 3 is 2.18 bits per heavy atom. The van der Waals surface area contributed by atoms with E-state index in [2.05, 4.69) is 9.97 Å². The van der Waals surface area contributed by atoms with Crippen molar-refractivity contribution >= 4 is 34.2 Å². The van der Waals surface area contributed by atoms with Crippen molar-refractivity contribution in [3.8, 4) is 0 Å². The van der Waals surface area contributed by atoms with Gasteiger partial charge < -0.3 is 4.98 Å². The van der Waals surface area contributed by atoms with Crippen LogP contribution in [0.2, 0.25) is 0 Å². The molecular weight excluding hydrogens is 449 g/mol. The lowest BCUT2D eigenvalue weighted by atomic mass is 9.99. The van der Waals surface area contributed by atoms with Crippen molar-refractivity contribution in [2.75, 3.05) is 0 Å². The number of carbonyl (C=O) groups excluding carboxylic acids is 1. The number of Topliss-reactive ketones (excluding diaryl/α,β-unsaturated/α-hetero) is 1. The van der Waals surface area contributed by atoms with Gasteiger partial charge in [-0.25, -0.2) is 26.9 Å². The molecule has 33 heavy (non-hydrogen) atoms. The summed E-state index contributed by atoms with van der Waals surface area (Å²) in [7, 11) is 0. The third kappa shape index (κ3) is 3.84. The number of benzene rings is 3. The number of aromatic amines is 1. The first kappa shape index (κ1) is 21.8. The minimum absolute atomic E-state index is 0.239. The maximum absolute atomic E-state index is 14.3. The van der Waals surface area contributed by atoms with Crippen LogP contribution in [-0.2, 0) is 0 Å². The molecular formula is C22H10F5N3O3. The first-order chi connectivity index (χ1) is 15.7. The lowest BCUT2D eigenvalue weighted by Crippen LogP contribution is -2.08. The van der Waals surface area contributed by atoms with Crippen LogP contribution < -0.4 is 0 Å². The first-order valence-corrected chi connectivity index (χ1v) is 9.16. The Hall–Kier alpha value is -4.41. The van der Waals surface area contributed by atoms with E-state index in [-0.39, 0.29) is 11.4 Å². The van der Waals surface area contributed by atoms with Crippen molar-refractivity contribution in [3.05, 3.63) is 105 Å². The SMILES string of the molecule is O=C(/C(=C/c1c(F)c(F)c(F)c(F)c1F)c1nc2ccccc2[nH]1)c1cccc([N+](=O)[O-])c1. The number of para-hydroxylation sites is 2. The fourth-order valence-corrected chi connectivity index (χ4v) is 3.13. The minimum atomic E-state index is -2.35. The summed E-state index contributed by atoms with van der Waals surface area (Å²) in [6.07, 6.45) is 0.467. The monoisotopic (exact) mass is 459 g/mol. The zero-order valence-electron chi connectivity index (χ0n) is 16.2. The summed E-state index contributed by atoms with van der Waals surface area (Å²) in [5.74, 6) is -12.3. The normalized spacial score (nSPS) is 11.7. The number of hydrogen-bond donors (Lipinski definition) is 1. The highest BCUT2D eigenvalue weighted by molar-refractivity contribution is 6.32. The molecule has 0 spiro atoms. The highest BCUT2D eigenvalue weighted by atomic mass is 19.2. The number of nitro benzene ring substituents is 1. The number of aromatic nitrogens is 2. The molecule has 3 aromatic carbocycles. The van der Waals surface area contributed by atoms with E-state index in [4.69, 9.17) is 0 Å². The number of hydrogen-bond acceptors (Lipinski definition) is 4. The summed E-state index contributed by atoms with van der Waals surface area (Å²) in [4.78, 5) is 30.4. The average Bonchev–Trinajstić information content (AvgIpc) is 3.25. The van der Waals surface area contributed by atoms with Gasteiger partial charge >= 0.3 is 0 Å². The van der Waals surface area contributed by atoms with Crippen LogP contribution in [0.25, 0.3) is 22.7 Å². The lowest BCUT2D eigenvalue weighted by Gasteiger charge is -2.08. The van der Waals surface area contributed by atoms with Gasteiger partial charge in [-0.3, -0.25) is 14.9 Å². The molecule has 6 nitrogen and oxygen atoms in total. The third-order valence-electron chi connectivity index (χ3n) is 4.74. The van der Waals surface area contributed by atoms with Crippen LogP contribution >= 0.6 is 0 Å². The van der Waals surface area contributed by atoms with E-state index in [1.165, 1.54) is 12.1 Å². The molecule has 0 aliphatic rings. The maximum atomic E-state index is 14.3. The van der Waals surface area contributed by atoms with Crippen LogP contribution in [0.5, 0.6) is 0 Å². The van der Waals surface area contributed by atoms with E-state index >= 15 is 0 Å². The molecule has 0 atom stereocenters. The largest absolute Gasteiger partial charge is 0.338 e. The Morgan fingerprint density at radius 1 is 0.909 bits per heavy atom. The molecule has 4 rings (SSSR count). The second kappa shape index (κ2) is 8.26. The van der Waals surface area contributed by atoms with Crippen LogP contribution in [0.3, 0.4) is 0 Å². The number of allylic oxidation sites excluding steroid dienone is 1. The summed E-state index contributed by atoms with van der Waals surface area (Å²) >= 11 is 0. The Labute approximate surface area is 181 Å². The molecule has 1 aromatic heterocycles. The maximum Gasteiger partial charge on any atom is 0.270 e. The number of rotatable bonds is 5.